The highest BCUT2D eigenvalue weighted by Crippen LogP contribution is 2.24. The Morgan fingerprint density at radius 1 is 1.47 bits per heavy atom. The van der Waals surface area contributed by atoms with Crippen molar-refractivity contribution in [3.63, 3.8) is 0 Å². The number of aliphatic hydroxyl groups excluding tert-OH is 1. The van der Waals surface area contributed by atoms with E-state index in [1.165, 1.54) is 13.1 Å². The SMILES string of the molecule is CNS(=O)(=O)c1cc(N)ccc1NC(C)CO. The van der Waals surface area contributed by atoms with E-state index in [0.717, 1.165) is 0 Å². The fraction of sp³-hybridized carbons (Fsp3) is 0.400. The highest BCUT2D eigenvalue weighted by atomic mass is 32.2. The second-order valence-corrected chi connectivity index (χ2v) is 5.55. The van der Waals surface area contributed by atoms with Gasteiger partial charge in [-0.25, -0.2) is 13.1 Å². The first-order valence-corrected chi connectivity index (χ1v) is 6.59. The average molecular weight is 259 g/mol. The van der Waals surface area contributed by atoms with Crippen molar-refractivity contribution in [1.29, 1.82) is 0 Å². The van der Waals surface area contributed by atoms with Crippen LogP contribution in [-0.2, 0) is 10.0 Å². The topological polar surface area (TPSA) is 104 Å². The third-order valence-electron chi connectivity index (χ3n) is 2.24. The number of hydrogen-bond acceptors (Lipinski definition) is 5. The number of aliphatic hydroxyl groups is 1. The van der Waals surface area contributed by atoms with Gasteiger partial charge in [0, 0.05) is 11.7 Å². The molecule has 6 nitrogen and oxygen atoms in total. The Labute approximate surface area is 101 Å². The average Bonchev–Trinajstić information content (AvgIpc) is 2.31. The maximum atomic E-state index is 11.8. The molecule has 17 heavy (non-hydrogen) atoms. The van der Waals surface area contributed by atoms with E-state index in [1.54, 1.807) is 19.1 Å². The Balaban J connectivity index is 3.22. The van der Waals surface area contributed by atoms with E-state index in [1.807, 2.05) is 0 Å². The molecule has 0 aliphatic rings. The zero-order valence-corrected chi connectivity index (χ0v) is 10.6. The maximum absolute atomic E-state index is 11.8. The standard InChI is InChI=1S/C10H17N3O3S/c1-7(6-14)13-9-4-3-8(11)5-10(9)17(15,16)12-2/h3-5,7,12-14H,6,11H2,1-2H3. The summed E-state index contributed by atoms with van der Waals surface area (Å²) >= 11 is 0. The Bertz CT molecular complexity index is 488. The molecule has 96 valence electrons. The first-order chi connectivity index (χ1) is 7.90. The molecule has 1 atom stereocenters. The second kappa shape index (κ2) is 5.35. The van der Waals surface area contributed by atoms with Gasteiger partial charge in [-0.2, -0.15) is 0 Å². The number of rotatable bonds is 5. The molecule has 0 bridgehead atoms. The van der Waals surface area contributed by atoms with Gasteiger partial charge in [0.15, 0.2) is 0 Å². The molecular formula is C10H17N3O3S. The van der Waals surface area contributed by atoms with Crippen molar-refractivity contribution >= 4 is 21.4 Å². The van der Waals surface area contributed by atoms with Crippen LogP contribution in [0.15, 0.2) is 23.1 Å². The van der Waals surface area contributed by atoms with Crippen molar-refractivity contribution in [2.24, 2.45) is 0 Å². The first kappa shape index (κ1) is 13.8. The molecule has 0 spiro atoms. The minimum Gasteiger partial charge on any atom is -0.399 e. The lowest BCUT2D eigenvalue weighted by molar-refractivity contribution is 0.281. The summed E-state index contributed by atoms with van der Waals surface area (Å²) in [5.74, 6) is 0. The van der Waals surface area contributed by atoms with Crippen molar-refractivity contribution in [1.82, 2.24) is 4.72 Å². The zero-order chi connectivity index (χ0) is 13.1. The van der Waals surface area contributed by atoms with Crippen LogP contribution < -0.4 is 15.8 Å². The van der Waals surface area contributed by atoms with E-state index in [9.17, 15) is 8.42 Å². The summed E-state index contributed by atoms with van der Waals surface area (Å²) < 4.78 is 25.8. The predicted octanol–water partition coefficient (Wildman–Crippen LogP) is -0.0304. The molecule has 0 saturated heterocycles. The molecule has 0 radical (unpaired) electrons. The molecule has 0 aliphatic carbocycles. The lowest BCUT2D eigenvalue weighted by Crippen LogP contribution is -2.24. The van der Waals surface area contributed by atoms with Crippen LogP contribution in [0, 0.1) is 0 Å². The summed E-state index contributed by atoms with van der Waals surface area (Å²) in [5.41, 5.74) is 6.35. The monoisotopic (exact) mass is 259 g/mol. The van der Waals surface area contributed by atoms with Gasteiger partial charge in [-0.15, -0.1) is 0 Å². The van der Waals surface area contributed by atoms with Gasteiger partial charge in [0.2, 0.25) is 10.0 Å². The lowest BCUT2D eigenvalue weighted by Gasteiger charge is -2.16. The zero-order valence-electron chi connectivity index (χ0n) is 9.77. The van der Waals surface area contributed by atoms with E-state index in [0.29, 0.717) is 11.4 Å². The Kier molecular flexibility index (Phi) is 4.33. The minimum absolute atomic E-state index is 0.0697. The second-order valence-electron chi connectivity index (χ2n) is 3.69. The smallest absolute Gasteiger partial charge is 0.242 e. The molecule has 0 saturated carbocycles. The van der Waals surface area contributed by atoms with Crippen molar-refractivity contribution in [3.8, 4) is 0 Å². The predicted molar refractivity (Wildman–Crippen MR) is 67.3 cm³/mol. The third kappa shape index (κ3) is 3.32. The van der Waals surface area contributed by atoms with Crippen LogP contribution in [0.3, 0.4) is 0 Å². The van der Waals surface area contributed by atoms with E-state index < -0.39 is 10.0 Å². The molecule has 1 aromatic carbocycles. The van der Waals surface area contributed by atoms with E-state index in [-0.39, 0.29) is 17.5 Å². The molecule has 5 N–H and O–H groups in total. The number of hydrogen-bond donors (Lipinski definition) is 4. The van der Waals surface area contributed by atoms with Crippen molar-refractivity contribution in [2.75, 3.05) is 24.7 Å². The summed E-state index contributed by atoms with van der Waals surface area (Å²) in [4.78, 5) is 0.0697. The van der Waals surface area contributed by atoms with Crippen LogP contribution in [0.1, 0.15) is 6.92 Å². The van der Waals surface area contributed by atoms with Gasteiger partial charge in [0.25, 0.3) is 0 Å². The van der Waals surface area contributed by atoms with Crippen LogP contribution in [-0.4, -0.2) is 33.2 Å². The van der Waals surface area contributed by atoms with Crippen LogP contribution in [0.4, 0.5) is 11.4 Å². The van der Waals surface area contributed by atoms with Gasteiger partial charge in [-0.05, 0) is 32.2 Å². The normalized spacial score (nSPS) is 13.4. The van der Waals surface area contributed by atoms with Gasteiger partial charge >= 0.3 is 0 Å². The molecule has 0 amide bonds. The summed E-state index contributed by atoms with van der Waals surface area (Å²) in [6.45, 7) is 1.65. The fourth-order valence-corrected chi connectivity index (χ4v) is 2.23. The largest absolute Gasteiger partial charge is 0.399 e. The molecule has 0 aromatic heterocycles. The van der Waals surface area contributed by atoms with Crippen LogP contribution >= 0.6 is 0 Å². The number of benzene rings is 1. The fourth-order valence-electron chi connectivity index (χ4n) is 1.30. The minimum atomic E-state index is -3.58. The third-order valence-corrected chi connectivity index (χ3v) is 3.69. The first-order valence-electron chi connectivity index (χ1n) is 5.11. The number of anilines is 2. The molecule has 1 unspecified atom stereocenters. The lowest BCUT2D eigenvalue weighted by atomic mass is 10.2. The van der Waals surface area contributed by atoms with Gasteiger partial charge in [-0.1, -0.05) is 0 Å². The van der Waals surface area contributed by atoms with Crippen LogP contribution in [0.2, 0.25) is 0 Å². The maximum Gasteiger partial charge on any atom is 0.242 e. The molecule has 1 rings (SSSR count). The highest BCUT2D eigenvalue weighted by molar-refractivity contribution is 7.89. The van der Waals surface area contributed by atoms with E-state index >= 15 is 0 Å². The highest BCUT2D eigenvalue weighted by Gasteiger charge is 2.17. The van der Waals surface area contributed by atoms with Crippen molar-refractivity contribution in [3.05, 3.63) is 18.2 Å². The summed E-state index contributed by atoms with van der Waals surface area (Å²) in [7, 11) is -2.25. The molecule has 0 heterocycles. The Hall–Kier alpha value is -1.31. The van der Waals surface area contributed by atoms with Crippen LogP contribution in [0.25, 0.3) is 0 Å². The summed E-state index contributed by atoms with van der Waals surface area (Å²) in [6, 6.07) is 4.30. The van der Waals surface area contributed by atoms with Crippen molar-refractivity contribution in [2.45, 2.75) is 17.9 Å². The Morgan fingerprint density at radius 3 is 2.65 bits per heavy atom. The molecule has 0 fully saturated rings. The molecular weight excluding hydrogens is 242 g/mol. The van der Waals surface area contributed by atoms with Gasteiger partial charge < -0.3 is 16.2 Å². The van der Waals surface area contributed by atoms with Crippen LogP contribution in [0.5, 0.6) is 0 Å². The number of nitrogens with one attached hydrogen (secondary N) is 2. The Morgan fingerprint density at radius 2 is 2.12 bits per heavy atom. The van der Waals surface area contributed by atoms with Gasteiger partial charge in [0.05, 0.1) is 12.3 Å². The van der Waals surface area contributed by atoms with E-state index in [4.69, 9.17) is 10.8 Å². The van der Waals surface area contributed by atoms with Gasteiger partial charge in [-0.3, -0.25) is 0 Å². The number of nitrogen functional groups attached to an aromatic ring is 1. The van der Waals surface area contributed by atoms with Crippen molar-refractivity contribution < 1.29 is 13.5 Å². The van der Waals surface area contributed by atoms with E-state index in [2.05, 4.69) is 10.0 Å². The molecule has 7 heteroatoms. The summed E-state index contributed by atoms with van der Waals surface area (Å²) in [6.07, 6.45) is 0. The molecule has 0 aliphatic heterocycles. The number of nitrogens with two attached hydrogens (primary N) is 1. The number of sulfonamides is 1. The quantitative estimate of drug-likeness (QED) is 0.556. The molecule has 1 aromatic rings. The summed E-state index contributed by atoms with van der Waals surface area (Å²) in [5, 5.41) is 11.9. The van der Waals surface area contributed by atoms with Gasteiger partial charge in [0.1, 0.15) is 4.90 Å².